The number of halogens is 4. The minimum atomic E-state index is -1.77. The van der Waals surface area contributed by atoms with Crippen LogP contribution in [0.3, 0.4) is 0 Å². The molecule has 3 rings (SSSR count). The molecular formula is C17H14F4N4O. The molecule has 0 saturated carbocycles. The molecule has 1 amide bonds. The summed E-state index contributed by atoms with van der Waals surface area (Å²) >= 11 is 0. The van der Waals surface area contributed by atoms with Crippen LogP contribution in [0.2, 0.25) is 0 Å². The number of pyridine rings is 1. The molecule has 0 atom stereocenters. The second-order valence-corrected chi connectivity index (χ2v) is 5.70. The third-order valence-electron chi connectivity index (χ3n) is 3.98. The lowest BCUT2D eigenvalue weighted by atomic mass is 10.1. The first-order valence-corrected chi connectivity index (χ1v) is 7.79. The van der Waals surface area contributed by atoms with Crippen LogP contribution in [0.15, 0.2) is 29.4 Å². The minimum Gasteiger partial charge on any atom is -0.312 e. The average Bonchev–Trinajstić information content (AvgIpc) is 3.06. The van der Waals surface area contributed by atoms with Gasteiger partial charge in [-0.25, -0.2) is 0 Å². The summed E-state index contributed by atoms with van der Waals surface area (Å²) < 4.78 is 53.4. The van der Waals surface area contributed by atoms with Crippen molar-refractivity contribution in [2.75, 3.05) is 16.9 Å². The normalized spacial score (nSPS) is 14.9. The van der Waals surface area contributed by atoms with Gasteiger partial charge >= 0.3 is 0 Å². The molecule has 26 heavy (non-hydrogen) atoms. The van der Waals surface area contributed by atoms with Gasteiger partial charge in [-0.1, -0.05) is 12.1 Å². The highest BCUT2D eigenvalue weighted by Gasteiger charge is 2.22. The average molecular weight is 366 g/mol. The molecule has 0 radical (unpaired) electrons. The maximum atomic E-state index is 13.6. The minimum absolute atomic E-state index is 0.0155. The highest BCUT2D eigenvalue weighted by Crippen LogP contribution is 2.24. The molecule has 0 bridgehead atoms. The Labute approximate surface area is 146 Å². The van der Waals surface area contributed by atoms with E-state index in [-0.39, 0.29) is 5.91 Å². The van der Waals surface area contributed by atoms with Crippen molar-refractivity contribution < 1.29 is 22.4 Å². The largest absolute Gasteiger partial charge is 0.312 e. The van der Waals surface area contributed by atoms with Crippen molar-refractivity contribution in [1.29, 1.82) is 0 Å². The van der Waals surface area contributed by atoms with E-state index in [1.165, 1.54) is 0 Å². The summed E-state index contributed by atoms with van der Waals surface area (Å²) in [6, 6.07) is 6.86. The number of hydrogen-bond acceptors (Lipinski definition) is 4. The van der Waals surface area contributed by atoms with Gasteiger partial charge in [0.15, 0.2) is 0 Å². The number of carbonyl (C=O) groups excluding carboxylic acids is 1. The first kappa shape index (κ1) is 17.8. The van der Waals surface area contributed by atoms with Gasteiger partial charge in [0.1, 0.15) is 5.69 Å². The lowest BCUT2D eigenvalue weighted by molar-refractivity contribution is -0.117. The Balaban J connectivity index is 1.86. The van der Waals surface area contributed by atoms with Crippen LogP contribution in [0.25, 0.3) is 0 Å². The summed E-state index contributed by atoms with van der Waals surface area (Å²) in [4.78, 5) is 15.9. The summed E-state index contributed by atoms with van der Waals surface area (Å²) in [5.41, 5.74) is 2.48. The Bertz CT molecular complexity index is 874. The van der Waals surface area contributed by atoms with Crippen LogP contribution in [0.5, 0.6) is 0 Å². The Morgan fingerprint density at radius 2 is 1.88 bits per heavy atom. The van der Waals surface area contributed by atoms with Gasteiger partial charge in [-0.2, -0.15) is 27.6 Å². The number of hydrazone groups is 1. The Hall–Kier alpha value is -2.97. The fourth-order valence-corrected chi connectivity index (χ4v) is 2.61. The molecule has 1 aromatic heterocycles. The van der Waals surface area contributed by atoms with E-state index in [2.05, 4.69) is 10.1 Å². The Morgan fingerprint density at radius 3 is 2.50 bits per heavy atom. The Morgan fingerprint density at radius 1 is 1.19 bits per heavy atom. The van der Waals surface area contributed by atoms with Crippen LogP contribution in [0.1, 0.15) is 25.3 Å². The summed E-state index contributed by atoms with van der Waals surface area (Å²) in [5, 5.41) is 3.78. The zero-order valence-electron chi connectivity index (χ0n) is 13.7. The molecule has 1 aromatic carbocycles. The van der Waals surface area contributed by atoms with E-state index in [0.717, 1.165) is 6.42 Å². The van der Waals surface area contributed by atoms with E-state index in [1.54, 1.807) is 36.1 Å². The predicted molar refractivity (Wildman–Crippen MR) is 87.9 cm³/mol. The van der Waals surface area contributed by atoms with E-state index in [1.807, 2.05) is 5.43 Å². The number of benzene rings is 1. The van der Waals surface area contributed by atoms with Gasteiger partial charge in [-0.3, -0.25) is 10.2 Å². The number of aromatic nitrogens is 1. The zero-order chi connectivity index (χ0) is 18.8. The molecule has 9 heteroatoms. The molecule has 0 unspecified atom stereocenters. The van der Waals surface area contributed by atoms with Crippen molar-refractivity contribution >= 4 is 23.0 Å². The topological polar surface area (TPSA) is 57.6 Å². The van der Waals surface area contributed by atoms with Crippen LogP contribution in [-0.2, 0) is 4.79 Å². The van der Waals surface area contributed by atoms with Crippen molar-refractivity contribution in [2.24, 2.45) is 5.10 Å². The fraction of sp³-hybridized carbons (Fsp3) is 0.235. The van der Waals surface area contributed by atoms with Crippen LogP contribution in [0.4, 0.5) is 28.9 Å². The van der Waals surface area contributed by atoms with E-state index in [9.17, 15) is 22.4 Å². The molecule has 1 saturated heterocycles. The molecule has 1 fully saturated rings. The molecule has 136 valence electrons. The zero-order valence-corrected chi connectivity index (χ0v) is 13.7. The number of anilines is 2. The predicted octanol–water partition coefficient (Wildman–Crippen LogP) is 3.60. The standard InChI is InChI=1S/C17H14F4N4O/c1-9(23-24-15-13(18)16(20)22-17(21)14(15)19)10-4-2-5-11(8-10)25-7-3-6-12(25)26/h2,4-5,8H,3,6-7H2,1H3,(H,22,24)/b23-9-. The van der Waals surface area contributed by atoms with Crippen LogP contribution < -0.4 is 10.3 Å². The van der Waals surface area contributed by atoms with E-state index >= 15 is 0 Å². The molecule has 5 nitrogen and oxygen atoms in total. The summed E-state index contributed by atoms with van der Waals surface area (Å²) in [7, 11) is 0. The van der Waals surface area contributed by atoms with Crippen LogP contribution in [0, 0.1) is 23.5 Å². The maximum Gasteiger partial charge on any atom is 0.254 e. The van der Waals surface area contributed by atoms with E-state index in [0.29, 0.717) is 29.9 Å². The summed E-state index contributed by atoms with van der Waals surface area (Å²) in [5.74, 6) is -6.86. The van der Waals surface area contributed by atoms with Gasteiger partial charge in [0.25, 0.3) is 11.9 Å². The molecule has 1 N–H and O–H groups in total. The van der Waals surface area contributed by atoms with Gasteiger partial charge in [0.05, 0.1) is 5.71 Å². The summed E-state index contributed by atoms with van der Waals surface area (Å²) in [6.45, 7) is 2.16. The molecule has 0 aliphatic carbocycles. The third-order valence-corrected chi connectivity index (χ3v) is 3.98. The van der Waals surface area contributed by atoms with Crippen molar-refractivity contribution in [3.05, 3.63) is 53.4 Å². The SMILES string of the molecule is C/C(=N/Nc1c(F)c(F)nc(F)c1F)c1cccc(N2CCCC2=O)c1. The highest BCUT2D eigenvalue weighted by atomic mass is 19.2. The van der Waals surface area contributed by atoms with Crippen molar-refractivity contribution in [3.63, 3.8) is 0 Å². The molecular weight excluding hydrogens is 352 g/mol. The van der Waals surface area contributed by atoms with Crippen molar-refractivity contribution in [1.82, 2.24) is 4.98 Å². The fourth-order valence-electron chi connectivity index (χ4n) is 2.61. The number of amides is 1. The number of hydrogen-bond donors (Lipinski definition) is 1. The van der Waals surface area contributed by atoms with E-state index in [4.69, 9.17) is 0 Å². The number of nitrogens with zero attached hydrogens (tertiary/aromatic N) is 3. The Kier molecular flexibility index (Phi) is 4.88. The first-order valence-electron chi connectivity index (χ1n) is 7.79. The van der Waals surface area contributed by atoms with E-state index < -0.39 is 29.2 Å². The third kappa shape index (κ3) is 3.37. The van der Waals surface area contributed by atoms with Gasteiger partial charge in [0.2, 0.25) is 17.5 Å². The van der Waals surface area contributed by atoms with Gasteiger partial charge in [0, 0.05) is 18.7 Å². The van der Waals surface area contributed by atoms with Crippen molar-refractivity contribution in [2.45, 2.75) is 19.8 Å². The molecule has 0 spiro atoms. The molecule has 1 aliphatic rings. The number of rotatable bonds is 4. The number of nitrogens with one attached hydrogen (secondary N) is 1. The highest BCUT2D eigenvalue weighted by molar-refractivity contribution is 6.01. The van der Waals surface area contributed by atoms with Crippen molar-refractivity contribution in [3.8, 4) is 0 Å². The van der Waals surface area contributed by atoms with Crippen LogP contribution >= 0.6 is 0 Å². The monoisotopic (exact) mass is 366 g/mol. The second kappa shape index (κ2) is 7.11. The second-order valence-electron chi connectivity index (χ2n) is 5.70. The smallest absolute Gasteiger partial charge is 0.254 e. The number of carbonyl (C=O) groups is 1. The lowest BCUT2D eigenvalue weighted by Crippen LogP contribution is -2.23. The first-order chi connectivity index (χ1) is 12.4. The molecule has 1 aliphatic heterocycles. The quantitative estimate of drug-likeness (QED) is 0.389. The van der Waals surface area contributed by atoms with Gasteiger partial charge in [-0.05, 0) is 31.0 Å². The molecule has 2 aromatic rings. The summed E-state index contributed by atoms with van der Waals surface area (Å²) in [6.07, 6.45) is 1.26. The lowest BCUT2D eigenvalue weighted by Gasteiger charge is -2.16. The van der Waals surface area contributed by atoms with Crippen LogP contribution in [-0.4, -0.2) is 23.1 Å². The maximum absolute atomic E-state index is 13.6. The van der Waals surface area contributed by atoms with Gasteiger partial charge < -0.3 is 4.90 Å². The molecule has 2 heterocycles. The van der Waals surface area contributed by atoms with Gasteiger partial charge in [-0.15, -0.1) is 0 Å².